The number of rotatable bonds is 4. The molecule has 1 aliphatic rings. The Hall–Kier alpha value is -1.67. The SMILES string of the molecule is O=S(=O)(Nc1noc(C2CC2)n1)c1c(F)cccc1Cl. The van der Waals surface area contributed by atoms with Crippen molar-refractivity contribution < 1.29 is 17.3 Å². The van der Waals surface area contributed by atoms with Crippen molar-refractivity contribution in [3.8, 4) is 0 Å². The molecule has 0 radical (unpaired) electrons. The van der Waals surface area contributed by atoms with E-state index in [9.17, 15) is 12.8 Å². The van der Waals surface area contributed by atoms with E-state index in [2.05, 4.69) is 14.9 Å². The van der Waals surface area contributed by atoms with Gasteiger partial charge in [0.15, 0.2) is 0 Å². The highest BCUT2D eigenvalue weighted by molar-refractivity contribution is 7.92. The largest absolute Gasteiger partial charge is 0.337 e. The van der Waals surface area contributed by atoms with E-state index in [1.54, 1.807) is 0 Å². The van der Waals surface area contributed by atoms with E-state index in [1.807, 2.05) is 0 Å². The summed E-state index contributed by atoms with van der Waals surface area (Å²) in [4.78, 5) is 3.27. The number of nitrogens with zero attached hydrogens (tertiary/aromatic N) is 2. The van der Waals surface area contributed by atoms with Crippen LogP contribution in [0.15, 0.2) is 27.6 Å². The van der Waals surface area contributed by atoms with Crippen LogP contribution in [0.4, 0.5) is 10.3 Å². The summed E-state index contributed by atoms with van der Waals surface area (Å²) in [5.74, 6) is -0.609. The van der Waals surface area contributed by atoms with Crippen molar-refractivity contribution >= 4 is 27.6 Å². The third-order valence-corrected chi connectivity index (χ3v) is 4.61. The molecule has 1 fully saturated rings. The van der Waals surface area contributed by atoms with E-state index in [1.165, 1.54) is 12.1 Å². The average Bonchev–Trinajstić information content (AvgIpc) is 3.10. The Morgan fingerprint density at radius 2 is 2.15 bits per heavy atom. The second kappa shape index (κ2) is 4.71. The molecule has 3 rings (SSSR count). The van der Waals surface area contributed by atoms with E-state index < -0.39 is 20.7 Å². The highest BCUT2D eigenvalue weighted by atomic mass is 35.5. The normalized spacial score (nSPS) is 15.3. The first-order chi connectivity index (χ1) is 9.47. The number of anilines is 1. The first-order valence-electron chi connectivity index (χ1n) is 5.78. The van der Waals surface area contributed by atoms with Crippen LogP contribution >= 0.6 is 11.6 Å². The minimum absolute atomic E-state index is 0.192. The molecule has 0 saturated heterocycles. The van der Waals surface area contributed by atoms with Gasteiger partial charge in [0.1, 0.15) is 10.7 Å². The Bertz CT molecular complexity index is 738. The molecule has 106 valence electrons. The van der Waals surface area contributed by atoms with Crippen molar-refractivity contribution in [2.75, 3.05) is 4.72 Å². The topological polar surface area (TPSA) is 85.1 Å². The number of halogens is 2. The molecule has 0 spiro atoms. The highest BCUT2D eigenvalue weighted by Crippen LogP contribution is 2.39. The number of benzene rings is 1. The number of aromatic nitrogens is 2. The molecule has 1 N–H and O–H groups in total. The van der Waals surface area contributed by atoms with E-state index in [0.29, 0.717) is 5.89 Å². The van der Waals surface area contributed by atoms with Gasteiger partial charge in [0, 0.05) is 5.92 Å². The van der Waals surface area contributed by atoms with Crippen LogP contribution in [-0.2, 0) is 10.0 Å². The van der Waals surface area contributed by atoms with Gasteiger partial charge in [-0.3, -0.25) is 0 Å². The summed E-state index contributed by atoms with van der Waals surface area (Å²) in [6.45, 7) is 0. The molecular formula is C11H9ClFN3O3S. The van der Waals surface area contributed by atoms with Crippen LogP contribution in [-0.4, -0.2) is 18.6 Å². The van der Waals surface area contributed by atoms with Gasteiger partial charge in [0.05, 0.1) is 5.02 Å². The monoisotopic (exact) mass is 317 g/mol. The molecule has 20 heavy (non-hydrogen) atoms. The Morgan fingerprint density at radius 1 is 1.40 bits per heavy atom. The molecule has 0 atom stereocenters. The smallest absolute Gasteiger partial charge is 0.277 e. The maximum atomic E-state index is 13.6. The quantitative estimate of drug-likeness (QED) is 0.936. The minimum Gasteiger partial charge on any atom is -0.337 e. The van der Waals surface area contributed by atoms with Gasteiger partial charge in [0.2, 0.25) is 5.89 Å². The first-order valence-corrected chi connectivity index (χ1v) is 7.64. The van der Waals surface area contributed by atoms with Gasteiger partial charge in [-0.15, -0.1) is 0 Å². The Balaban J connectivity index is 1.91. The lowest BCUT2D eigenvalue weighted by Gasteiger charge is -2.06. The second-order valence-corrected chi connectivity index (χ2v) is 6.41. The maximum Gasteiger partial charge on any atom is 0.277 e. The van der Waals surface area contributed by atoms with Crippen LogP contribution in [0.2, 0.25) is 5.02 Å². The Morgan fingerprint density at radius 3 is 2.80 bits per heavy atom. The predicted octanol–water partition coefficient (Wildman–Crippen LogP) is 2.54. The lowest BCUT2D eigenvalue weighted by atomic mass is 10.3. The Labute approximate surface area is 119 Å². The molecule has 6 nitrogen and oxygen atoms in total. The maximum absolute atomic E-state index is 13.6. The molecule has 1 aromatic carbocycles. The van der Waals surface area contributed by atoms with Gasteiger partial charge in [-0.25, -0.2) is 17.5 Å². The molecular weight excluding hydrogens is 309 g/mol. The summed E-state index contributed by atoms with van der Waals surface area (Å²) in [5.41, 5.74) is 0. The molecule has 1 saturated carbocycles. The third-order valence-electron chi connectivity index (χ3n) is 2.78. The molecule has 0 bridgehead atoms. The molecule has 0 unspecified atom stereocenters. The fourth-order valence-corrected chi connectivity index (χ4v) is 3.23. The van der Waals surface area contributed by atoms with Gasteiger partial charge in [-0.2, -0.15) is 4.98 Å². The van der Waals surface area contributed by atoms with Crippen LogP contribution in [0.1, 0.15) is 24.7 Å². The number of hydrogen-bond acceptors (Lipinski definition) is 5. The van der Waals surface area contributed by atoms with Gasteiger partial charge in [-0.1, -0.05) is 17.7 Å². The molecule has 0 aliphatic heterocycles. The van der Waals surface area contributed by atoms with Crippen molar-refractivity contribution in [3.63, 3.8) is 0 Å². The standard InChI is InChI=1S/C11H9ClFN3O3S/c12-7-2-1-3-8(13)9(7)20(17,18)16-11-14-10(19-15-11)6-4-5-6/h1-3,6H,4-5H2,(H,15,16). The van der Waals surface area contributed by atoms with Gasteiger partial charge < -0.3 is 4.52 Å². The van der Waals surface area contributed by atoms with Crippen molar-refractivity contribution in [1.82, 2.24) is 10.1 Å². The van der Waals surface area contributed by atoms with E-state index in [0.717, 1.165) is 18.9 Å². The molecule has 9 heteroatoms. The van der Waals surface area contributed by atoms with Crippen LogP contribution in [0, 0.1) is 5.82 Å². The second-order valence-electron chi connectivity index (χ2n) is 4.39. The summed E-state index contributed by atoms with van der Waals surface area (Å²) in [6.07, 6.45) is 1.88. The molecule has 2 aromatic rings. The number of sulfonamides is 1. The zero-order valence-electron chi connectivity index (χ0n) is 10.0. The molecule has 1 aromatic heterocycles. The highest BCUT2D eigenvalue weighted by Gasteiger charge is 2.31. The van der Waals surface area contributed by atoms with Crippen LogP contribution in [0.3, 0.4) is 0 Å². The Kier molecular flexibility index (Phi) is 3.14. The zero-order valence-corrected chi connectivity index (χ0v) is 11.6. The summed E-state index contributed by atoms with van der Waals surface area (Å²) in [5, 5.41) is 3.29. The van der Waals surface area contributed by atoms with Gasteiger partial charge >= 0.3 is 0 Å². The lowest BCUT2D eigenvalue weighted by molar-refractivity contribution is 0.380. The summed E-state index contributed by atoms with van der Waals surface area (Å²) in [7, 11) is -4.21. The third kappa shape index (κ3) is 2.48. The zero-order chi connectivity index (χ0) is 14.3. The van der Waals surface area contributed by atoms with Crippen LogP contribution < -0.4 is 4.72 Å². The first kappa shape index (κ1) is 13.3. The predicted molar refractivity (Wildman–Crippen MR) is 68.5 cm³/mol. The van der Waals surface area contributed by atoms with Crippen LogP contribution in [0.25, 0.3) is 0 Å². The average molecular weight is 318 g/mol. The van der Waals surface area contributed by atoms with E-state index in [-0.39, 0.29) is 16.9 Å². The van der Waals surface area contributed by atoms with Gasteiger partial charge in [0.25, 0.3) is 16.0 Å². The summed E-state index contributed by atoms with van der Waals surface area (Å²) >= 11 is 5.72. The lowest BCUT2D eigenvalue weighted by Crippen LogP contribution is -2.16. The van der Waals surface area contributed by atoms with Crippen molar-refractivity contribution in [3.05, 3.63) is 34.9 Å². The van der Waals surface area contributed by atoms with E-state index in [4.69, 9.17) is 16.1 Å². The fourth-order valence-electron chi connectivity index (χ4n) is 1.68. The minimum atomic E-state index is -4.21. The number of nitrogens with one attached hydrogen (secondary N) is 1. The van der Waals surface area contributed by atoms with Crippen molar-refractivity contribution in [1.29, 1.82) is 0 Å². The molecule has 0 amide bonds. The van der Waals surface area contributed by atoms with E-state index >= 15 is 0 Å². The van der Waals surface area contributed by atoms with Crippen molar-refractivity contribution in [2.24, 2.45) is 0 Å². The molecule has 1 heterocycles. The summed E-state index contributed by atoms with van der Waals surface area (Å²) < 4.78 is 44.8. The molecule has 1 aliphatic carbocycles. The summed E-state index contributed by atoms with van der Waals surface area (Å²) in [6, 6.07) is 3.60. The fraction of sp³-hybridized carbons (Fsp3) is 0.273. The van der Waals surface area contributed by atoms with Crippen molar-refractivity contribution in [2.45, 2.75) is 23.7 Å². The number of hydrogen-bond donors (Lipinski definition) is 1. The van der Waals surface area contributed by atoms with Crippen LogP contribution in [0.5, 0.6) is 0 Å². The van der Waals surface area contributed by atoms with Gasteiger partial charge in [-0.05, 0) is 30.1 Å².